The van der Waals surface area contributed by atoms with Gasteiger partial charge in [0.05, 0.1) is 42.0 Å². The van der Waals surface area contributed by atoms with E-state index in [2.05, 4.69) is 25.4 Å². The first kappa shape index (κ1) is 31.1. The van der Waals surface area contributed by atoms with Gasteiger partial charge in [-0.15, -0.1) is 0 Å². The Bertz CT molecular complexity index is 1650. The molecule has 2 N–H and O–H groups in total. The van der Waals surface area contributed by atoms with E-state index in [1.165, 1.54) is 18.6 Å². The van der Waals surface area contributed by atoms with E-state index in [1.807, 2.05) is 26.8 Å². The van der Waals surface area contributed by atoms with Crippen LogP contribution in [-0.4, -0.2) is 88.9 Å². The molecule has 2 atom stereocenters. The predicted molar refractivity (Wildman–Crippen MR) is 177 cm³/mol. The number of carbonyl (C=O) groups is 2. The van der Waals surface area contributed by atoms with Gasteiger partial charge in [-0.1, -0.05) is 6.07 Å². The molecule has 12 nitrogen and oxygen atoms in total. The molecule has 4 aliphatic heterocycles. The molecule has 3 fully saturated rings. The smallest absolute Gasteiger partial charge is 0.323 e. The van der Waals surface area contributed by atoms with Crippen LogP contribution < -0.4 is 25.2 Å². The SMILES string of the molecule is CCN1CC(C)(C)Oc2nc(N3CC4CCC(C3)O4)nc(-c3ccc(NC(=O)Nc4ccc(N5CCCCC5)nc4)c(F)c3)c2C1=O. The van der Waals surface area contributed by atoms with Gasteiger partial charge < -0.3 is 34.8 Å². The maximum atomic E-state index is 15.7. The van der Waals surface area contributed by atoms with Crippen LogP contribution >= 0.6 is 0 Å². The number of aromatic nitrogens is 3. The van der Waals surface area contributed by atoms with Crippen LogP contribution in [0.3, 0.4) is 0 Å². The van der Waals surface area contributed by atoms with Crippen LogP contribution in [0.5, 0.6) is 5.88 Å². The number of morpholine rings is 1. The molecule has 13 heteroatoms. The monoisotopic (exact) mass is 644 g/mol. The summed E-state index contributed by atoms with van der Waals surface area (Å²) in [5, 5.41) is 5.31. The summed E-state index contributed by atoms with van der Waals surface area (Å²) in [4.78, 5) is 46.8. The molecule has 1 aromatic carbocycles. The van der Waals surface area contributed by atoms with E-state index in [4.69, 9.17) is 19.4 Å². The van der Waals surface area contributed by atoms with E-state index >= 15 is 4.39 Å². The van der Waals surface area contributed by atoms with Gasteiger partial charge in [0, 0.05) is 38.3 Å². The zero-order valence-electron chi connectivity index (χ0n) is 27.1. The number of rotatable bonds is 6. The fourth-order valence-corrected chi connectivity index (χ4v) is 6.88. The zero-order chi connectivity index (χ0) is 32.7. The quantitative estimate of drug-likeness (QED) is 0.367. The number of urea groups is 1. The van der Waals surface area contributed by atoms with E-state index in [0.717, 1.165) is 44.6 Å². The van der Waals surface area contributed by atoms with Gasteiger partial charge in [0.15, 0.2) is 0 Å². The number of fused-ring (bicyclic) bond motifs is 3. The number of hydrogen-bond acceptors (Lipinski definition) is 9. The summed E-state index contributed by atoms with van der Waals surface area (Å²) in [6.07, 6.45) is 7.24. The van der Waals surface area contributed by atoms with E-state index in [9.17, 15) is 9.59 Å². The number of likely N-dealkylation sites (N-methyl/N-ethyl adjacent to an activating group) is 1. The Morgan fingerprint density at radius 1 is 1.02 bits per heavy atom. The van der Waals surface area contributed by atoms with Crippen LogP contribution in [-0.2, 0) is 4.74 Å². The number of nitrogens with zero attached hydrogens (tertiary/aromatic N) is 6. The molecule has 47 heavy (non-hydrogen) atoms. The summed E-state index contributed by atoms with van der Waals surface area (Å²) in [5.41, 5.74) is 0.605. The number of pyridine rings is 1. The second kappa shape index (κ2) is 12.6. The van der Waals surface area contributed by atoms with E-state index in [0.29, 0.717) is 43.4 Å². The van der Waals surface area contributed by atoms with Gasteiger partial charge in [-0.05, 0) is 77.1 Å². The molecule has 2 aromatic heterocycles. The molecule has 0 spiro atoms. The van der Waals surface area contributed by atoms with Crippen molar-refractivity contribution in [3.8, 4) is 17.1 Å². The number of anilines is 4. The Morgan fingerprint density at radius 3 is 2.47 bits per heavy atom. The number of piperidine rings is 1. The molecule has 3 saturated heterocycles. The van der Waals surface area contributed by atoms with Gasteiger partial charge in [-0.25, -0.2) is 19.2 Å². The van der Waals surface area contributed by atoms with Crippen molar-refractivity contribution in [2.45, 2.75) is 70.7 Å². The Hall–Kier alpha value is -4.52. The second-order valence-corrected chi connectivity index (χ2v) is 13.3. The third-order valence-corrected chi connectivity index (χ3v) is 9.19. The maximum absolute atomic E-state index is 15.7. The minimum absolute atomic E-state index is 0.0202. The molecule has 2 unspecified atom stereocenters. The lowest BCUT2D eigenvalue weighted by Crippen LogP contribution is -2.43. The molecule has 0 saturated carbocycles. The van der Waals surface area contributed by atoms with Crippen LogP contribution in [0.4, 0.5) is 32.3 Å². The lowest BCUT2D eigenvalue weighted by molar-refractivity contribution is 0.0297. The molecular formula is C34H41FN8O4. The van der Waals surface area contributed by atoms with Crippen molar-refractivity contribution in [2.24, 2.45) is 0 Å². The van der Waals surface area contributed by atoms with E-state index < -0.39 is 17.4 Å². The largest absolute Gasteiger partial charge is 0.469 e. The molecule has 248 valence electrons. The van der Waals surface area contributed by atoms with Crippen molar-refractivity contribution in [1.29, 1.82) is 0 Å². The molecule has 3 aromatic rings. The van der Waals surface area contributed by atoms with E-state index in [1.54, 1.807) is 23.2 Å². The lowest BCUT2D eigenvalue weighted by Gasteiger charge is -2.33. The Balaban J connectivity index is 1.16. The van der Waals surface area contributed by atoms with Crippen molar-refractivity contribution < 1.29 is 23.5 Å². The van der Waals surface area contributed by atoms with Crippen LogP contribution in [0.1, 0.15) is 63.2 Å². The first-order valence-electron chi connectivity index (χ1n) is 16.6. The lowest BCUT2D eigenvalue weighted by atomic mass is 10.0. The fraction of sp³-hybridized carbons (Fsp3) is 0.500. The first-order chi connectivity index (χ1) is 22.7. The standard InChI is InChI=1S/C34H41FN8O4/c1-4-41-20-34(2,3)47-30-28(31(41)44)29(39-32(40-30)43-18-23-10-11-24(19-43)46-23)21-8-12-26(25(35)16-21)38-33(45)37-22-9-13-27(36-17-22)42-14-6-5-7-15-42/h8-9,12-13,16-17,23-24H,4-7,10-11,14-15,18-20H2,1-3H3,(H2,37,38,45). The summed E-state index contributed by atoms with van der Waals surface area (Å²) in [6, 6.07) is 7.45. The third-order valence-electron chi connectivity index (χ3n) is 9.19. The maximum Gasteiger partial charge on any atom is 0.323 e. The molecular weight excluding hydrogens is 603 g/mol. The third kappa shape index (κ3) is 6.53. The molecule has 6 heterocycles. The summed E-state index contributed by atoms with van der Waals surface area (Å²) in [6.45, 7) is 9.74. The highest BCUT2D eigenvalue weighted by molar-refractivity contribution is 6.03. The van der Waals surface area contributed by atoms with Gasteiger partial charge in [-0.2, -0.15) is 4.98 Å². The highest BCUT2D eigenvalue weighted by atomic mass is 19.1. The van der Waals surface area contributed by atoms with Gasteiger partial charge in [0.1, 0.15) is 22.8 Å². The highest BCUT2D eigenvalue weighted by Crippen LogP contribution is 2.38. The van der Waals surface area contributed by atoms with Crippen LogP contribution in [0.25, 0.3) is 11.3 Å². The van der Waals surface area contributed by atoms with Crippen molar-refractivity contribution in [1.82, 2.24) is 19.9 Å². The molecule has 7 rings (SSSR count). The van der Waals surface area contributed by atoms with Crippen molar-refractivity contribution in [3.63, 3.8) is 0 Å². The number of hydrogen-bond donors (Lipinski definition) is 2. The minimum atomic E-state index is -0.709. The van der Waals surface area contributed by atoms with Gasteiger partial charge >= 0.3 is 6.03 Å². The number of amides is 3. The number of nitrogens with one attached hydrogen (secondary N) is 2. The molecule has 4 aliphatic rings. The number of halogens is 1. The summed E-state index contributed by atoms with van der Waals surface area (Å²) < 4.78 is 28.1. The number of carbonyl (C=O) groups excluding carboxylic acids is 2. The van der Waals surface area contributed by atoms with Crippen LogP contribution in [0, 0.1) is 5.82 Å². The Kier molecular flexibility index (Phi) is 8.33. The summed E-state index contributed by atoms with van der Waals surface area (Å²) in [5.74, 6) is 0.507. The van der Waals surface area contributed by atoms with E-state index in [-0.39, 0.29) is 40.9 Å². The predicted octanol–water partition coefficient (Wildman–Crippen LogP) is 5.31. The van der Waals surface area contributed by atoms with Crippen molar-refractivity contribution in [3.05, 3.63) is 47.9 Å². The van der Waals surface area contributed by atoms with Gasteiger partial charge in [0.25, 0.3) is 5.91 Å². The summed E-state index contributed by atoms with van der Waals surface area (Å²) in [7, 11) is 0. The average Bonchev–Trinajstić information content (AvgIpc) is 3.36. The topological polar surface area (TPSA) is 125 Å². The zero-order valence-corrected chi connectivity index (χ0v) is 27.1. The fourth-order valence-electron chi connectivity index (χ4n) is 6.88. The Morgan fingerprint density at radius 2 is 1.79 bits per heavy atom. The highest BCUT2D eigenvalue weighted by Gasteiger charge is 2.39. The molecule has 0 radical (unpaired) electrons. The van der Waals surface area contributed by atoms with Crippen molar-refractivity contribution in [2.75, 3.05) is 59.7 Å². The number of ether oxygens (including phenoxy) is 2. The van der Waals surface area contributed by atoms with Crippen molar-refractivity contribution >= 4 is 35.1 Å². The van der Waals surface area contributed by atoms with Gasteiger partial charge in [0.2, 0.25) is 11.8 Å². The molecule has 2 bridgehead atoms. The summed E-state index contributed by atoms with van der Waals surface area (Å²) >= 11 is 0. The Labute approximate surface area is 273 Å². The van der Waals surface area contributed by atoms with Gasteiger partial charge in [-0.3, -0.25) is 4.79 Å². The number of benzene rings is 1. The second-order valence-electron chi connectivity index (χ2n) is 13.3. The molecule has 0 aliphatic carbocycles. The normalized spacial score (nSPS) is 22.0. The van der Waals surface area contributed by atoms with Crippen LogP contribution in [0.15, 0.2) is 36.5 Å². The average molecular weight is 645 g/mol. The molecule has 3 amide bonds. The first-order valence-corrected chi connectivity index (χ1v) is 16.6. The minimum Gasteiger partial charge on any atom is -0.469 e. The van der Waals surface area contributed by atoms with Crippen LogP contribution in [0.2, 0.25) is 0 Å².